The van der Waals surface area contributed by atoms with Crippen molar-refractivity contribution in [1.82, 2.24) is 16.0 Å². The molecular weight excluding hydrogens is 801 g/mol. The maximum Gasteiger partial charge on any atom is 0.461 e. The Morgan fingerprint density at radius 1 is 0.869 bits per heavy atom. The lowest BCUT2D eigenvalue weighted by atomic mass is 9.43. The Hall–Kier alpha value is -4.15. The van der Waals surface area contributed by atoms with E-state index in [-0.39, 0.29) is 74.1 Å². The third-order valence-corrected chi connectivity index (χ3v) is 13.7. The topological polar surface area (TPSA) is 229 Å². The van der Waals surface area contributed by atoms with Gasteiger partial charge in [-0.3, -0.25) is 24.0 Å². The summed E-state index contributed by atoms with van der Waals surface area (Å²) in [6, 6.07) is 11.3. The summed E-state index contributed by atoms with van der Waals surface area (Å²) in [6.07, 6.45) is 0.860. The van der Waals surface area contributed by atoms with Gasteiger partial charge in [-0.05, 0) is 98.8 Å². The number of urea groups is 1. The molecule has 3 saturated carbocycles. The molecule has 1 saturated heterocycles. The molecule has 10 atom stereocenters. The molecule has 1 aliphatic heterocycles. The summed E-state index contributed by atoms with van der Waals surface area (Å²) < 4.78 is 13.0. The number of benzene rings is 2. The number of hydrogen-bond acceptors (Lipinski definition) is 10. The van der Waals surface area contributed by atoms with Gasteiger partial charge in [0.15, 0.2) is 17.3 Å². The van der Waals surface area contributed by atoms with E-state index >= 15 is 0 Å². The monoisotopic (exact) mass is 863 g/mol. The Labute approximate surface area is 364 Å². The third kappa shape index (κ3) is 11.5. The highest BCUT2D eigenvalue weighted by atomic mass is 35.5. The van der Waals surface area contributed by atoms with E-state index < -0.39 is 66.4 Å². The van der Waals surface area contributed by atoms with E-state index in [9.17, 15) is 33.9 Å². The van der Waals surface area contributed by atoms with Crippen LogP contribution in [-0.4, -0.2) is 90.4 Å². The van der Waals surface area contributed by atoms with Gasteiger partial charge in [-0.15, -0.1) is 0 Å². The number of ketones is 3. The molecule has 3 aliphatic carbocycles. The van der Waals surface area contributed by atoms with Gasteiger partial charge in [0.1, 0.15) is 6.04 Å². The molecule has 2 bridgehead atoms. The average Bonchev–Trinajstić information content (AvgIpc) is 3.58. The highest BCUT2D eigenvalue weighted by Crippen LogP contribution is 2.66. The van der Waals surface area contributed by atoms with Crippen molar-refractivity contribution in [3.63, 3.8) is 0 Å². The van der Waals surface area contributed by atoms with Gasteiger partial charge in [-0.25, -0.2) is 4.79 Å². The Morgan fingerprint density at radius 3 is 2.10 bits per heavy atom. The number of carbonyl (C=O) groups is 6. The zero-order valence-electron chi connectivity index (χ0n) is 36.2. The first kappa shape index (κ1) is 47.9. The highest BCUT2D eigenvalue weighted by Gasteiger charge is 2.68. The highest BCUT2D eigenvalue weighted by molar-refractivity contribution is 6.47. The summed E-state index contributed by atoms with van der Waals surface area (Å²) in [5, 5.41) is 19.2. The smallest absolute Gasteiger partial charge is 0.405 e. The van der Waals surface area contributed by atoms with Crippen LogP contribution < -0.4 is 27.4 Å². The molecule has 4 aliphatic rings. The quantitative estimate of drug-likeness (QED) is 0.0526. The summed E-state index contributed by atoms with van der Waals surface area (Å²) in [5.41, 5.74) is 13.0. The standard InChI is InChI=1S/C45H63BClN5O9/c1-25(20-37(56)40(27(3)53)52-42(58)31(17-18-48)22-35(54)30-11-9-28(10-12-30)29-13-15-33(47)16-14-29)41(57)51-34(8-7-19-50-43(49)59)36(55)21-26(2)46-60-39-24-32-23-38(44(32,4)5)45(39,6)61-46/h9-16,25-27,31-32,34,38-40,53H,7-8,17-24,48H2,1-6H3,(H,51,57)(H,52,58)(H3,49,50,59)/t25-,26-,27-,31-,32+,34+,38+,39-,40+,45+/m1/s1. The van der Waals surface area contributed by atoms with Crippen LogP contribution in [0.5, 0.6) is 0 Å². The molecule has 332 valence electrons. The minimum absolute atomic E-state index is 0.0465. The maximum absolute atomic E-state index is 13.9. The SMILES string of the molecule is C[C@H](CC(=O)[C@H](CCCNC(N)=O)NC(=O)[C@H](C)CC(=O)[C@@H](NC(=O)[C@H](CCN)CC(=O)c1ccc(-c2ccc(Cl)cc2)cc1)[C@@H](C)O)B1O[C@@H]2C[C@@H]3C[C@@H](C3(C)C)[C@]2(C)O1. The molecule has 1 heterocycles. The van der Waals surface area contributed by atoms with E-state index in [4.69, 9.17) is 32.4 Å². The Morgan fingerprint density at radius 2 is 1.51 bits per heavy atom. The Kier molecular flexibility index (Phi) is 16.0. The van der Waals surface area contributed by atoms with Crippen molar-refractivity contribution in [3.05, 3.63) is 59.1 Å². The molecule has 0 radical (unpaired) electrons. The molecule has 16 heteroatoms. The molecule has 2 aromatic rings. The first-order chi connectivity index (χ1) is 28.7. The fourth-order valence-corrected chi connectivity index (χ4v) is 9.59. The molecule has 0 unspecified atom stereocenters. The van der Waals surface area contributed by atoms with Crippen LogP contribution in [0.25, 0.3) is 11.1 Å². The van der Waals surface area contributed by atoms with Gasteiger partial charge in [0, 0.05) is 48.2 Å². The van der Waals surface area contributed by atoms with E-state index in [0.29, 0.717) is 28.8 Å². The van der Waals surface area contributed by atoms with Crippen molar-refractivity contribution in [2.24, 2.45) is 40.6 Å². The van der Waals surface area contributed by atoms with Crippen LogP contribution in [0.2, 0.25) is 10.8 Å². The molecule has 4 amide bonds. The van der Waals surface area contributed by atoms with E-state index in [1.165, 1.54) is 13.8 Å². The van der Waals surface area contributed by atoms with Crippen LogP contribution in [0.4, 0.5) is 4.79 Å². The molecule has 0 spiro atoms. The lowest BCUT2D eigenvalue weighted by molar-refractivity contribution is -0.199. The van der Waals surface area contributed by atoms with Crippen molar-refractivity contribution < 1.29 is 43.2 Å². The second-order valence-electron chi connectivity index (χ2n) is 18.3. The first-order valence-electron chi connectivity index (χ1n) is 21.5. The molecule has 8 N–H and O–H groups in total. The van der Waals surface area contributed by atoms with Crippen molar-refractivity contribution in [1.29, 1.82) is 0 Å². The summed E-state index contributed by atoms with van der Waals surface area (Å²) >= 11 is 6.01. The fourth-order valence-electron chi connectivity index (χ4n) is 9.47. The van der Waals surface area contributed by atoms with E-state index in [1.54, 1.807) is 36.4 Å². The third-order valence-electron chi connectivity index (χ3n) is 13.4. The van der Waals surface area contributed by atoms with E-state index in [0.717, 1.165) is 24.0 Å². The number of halogens is 1. The molecule has 61 heavy (non-hydrogen) atoms. The number of Topliss-reactive ketones (excluding diaryl/α,β-unsaturated/α-hetero) is 3. The van der Waals surface area contributed by atoms with Crippen molar-refractivity contribution in [3.8, 4) is 11.1 Å². The number of aliphatic hydroxyl groups excluding tert-OH is 1. The number of hydrogen-bond donors (Lipinski definition) is 6. The summed E-state index contributed by atoms with van der Waals surface area (Å²) in [6.45, 7) is 11.7. The van der Waals surface area contributed by atoms with Crippen LogP contribution in [0.3, 0.4) is 0 Å². The number of aliphatic hydroxyl groups is 1. The summed E-state index contributed by atoms with van der Waals surface area (Å²) in [5.74, 6) is -3.54. The molecule has 4 fully saturated rings. The summed E-state index contributed by atoms with van der Waals surface area (Å²) in [4.78, 5) is 79.2. The molecule has 14 nitrogen and oxygen atoms in total. The number of primary amides is 1. The van der Waals surface area contributed by atoms with Gasteiger partial charge < -0.3 is 41.8 Å². The van der Waals surface area contributed by atoms with Gasteiger partial charge in [0.25, 0.3) is 0 Å². The number of nitrogens with two attached hydrogens (primary N) is 2. The van der Waals surface area contributed by atoms with Gasteiger partial charge in [-0.2, -0.15) is 0 Å². The van der Waals surface area contributed by atoms with Crippen molar-refractivity contribution in [2.75, 3.05) is 13.1 Å². The van der Waals surface area contributed by atoms with Crippen LogP contribution in [-0.2, 0) is 28.5 Å². The van der Waals surface area contributed by atoms with Crippen LogP contribution in [0.1, 0.15) is 103 Å². The van der Waals surface area contributed by atoms with E-state index in [1.807, 2.05) is 19.1 Å². The fraction of sp³-hybridized carbons (Fsp3) is 0.600. The predicted octanol–water partition coefficient (Wildman–Crippen LogP) is 5.02. The van der Waals surface area contributed by atoms with Crippen molar-refractivity contribution in [2.45, 2.75) is 129 Å². The average molecular weight is 864 g/mol. The zero-order valence-corrected chi connectivity index (χ0v) is 37.0. The Balaban J connectivity index is 1.17. The van der Waals surface area contributed by atoms with Crippen LogP contribution in [0, 0.1) is 29.1 Å². The summed E-state index contributed by atoms with van der Waals surface area (Å²) in [7, 11) is -0.582. The lowest BCUT2D eigenvalue weighted by Gasteiger charge is -2.64. The molecular formula is C45H63BClN5O9. The molecule has 0 aromatic heterocycles. The normalized spacial score (nSPS) is 24.1. The zero-order chi connectivity index (χ0) is 44.8. The largest absolute Gasteiger partial charge is 0.461 e. The molecule has 6 rings (SSSR count). The second kappa shape index (κ2) is 20.4. The van der Waals surface area contributed by atoms with Crippen molar-refractivity contribution >= 4 is 53.9 Å². The lowest BCUT2D eigenvalue weighted by Crippen LogP contribution is -2.65. The van der Waals surface area contributed by atoms with E-state index in [2.05, 4.69) is 36.7 Å². The predicted molar refractivity (Wildman–Crippen MR) is 233 cm³/mol. The van der Waals surface area contributed by atoms with Crippen LogP contribution in [0.15, 0.2) is 48.5 Å². The maximum atomic E-state index is 13.9. The van der Waals surface area contributed by atoms with Gasteiger partial charge in [0.05, 0.1) is 23.9 Å². The van der Waals surface area contributed by atoms with Crippen LogP contribution >= 0.6 is 11.6 Å². The second-order valence-corrected chi connectivity index (χ2v) is 18.7. The number of carbonyl (C=O) groups excluding carboxylic acids is 6. The molecule has 2 aromatic carbocycles. The number of nitrogens with one attached hydrogen (secondary N) is 3. The first-order valence-corrected chi connectivity index (χ1v) is 21.9. The minimum Gasteiger partial charge on any atom is -0.405 e. The number of amides is 4. The van der Waals surface area contributed by atoms with Gasteiger partial charge in [0.2, 0.25) is 11.8 Å². The number of rotatable bonds is 22. The minimum atomic E-state index is -1.37. The Bertz CT molecular complexity index is 1910. The van der Waals surface area contributed by atoms with Gasteiger partial charge >= 0.3 is 13.1 Å². The van der Waals surface area contributed by atoms with Gasteiger partial charge in [-0.1, -0.05) is 75.7 Å².